The molecule has 1 fully saturated rings. The lowest BCUT2D eigenvalue weighted by Crippen LogP contribution is -2.38. The minimum absolute atomic E-state index is 0.0977. The van der Waals surface area contributed by atoms with E-state index in [0.717, 1.165) is 11.3 Å². The summed E-state index contributed by atoms with van der Waals surface area (Å²) in [5, 5.41) is 8.91. The number of ether oxygens (including phenoxy) is 1. The summed E-state index contributed by atoms with van der Waals surface area (Å²) >= 11 is 0. The number of alkyl halides is 1. The number of carbonyl (C=O) groups is 2. The van der Waals surface area contributed by atoms with Crippen LogP contribution in [0, 0.1) is 0 Å². The van der Waals surface area contributed by atoms with E-state index in [1.54, 1.807) is 24.3 Å². The van der Waals surface area contributed by atoms with Gasteiger partial charge in [-0.3, -0.25) is 4.79 Å². The van der Waals surface area contributed by atoms with Crippen LogP contribution in [0.1, 0.15) is 22.3 Å². The highest BCUT2D eigenvalue weighted by molar-refractivity contribution is 5.95. The molecule has 1 aliphatic rings. The maximum atomic E-state index is 14.1. The van der Waals surface area contributed by atoms with Crippen molar-refractivity contribution >= 4 is 11.9 Å². The van der Waals surface area contributed by atoms with Crippen molar-refractivity contribution in [2.24, 2.45) is 0 Å². The van der Waals surface area contributed by atoms with Crippen molar-refractivity contribution in [3.05, 3.63) is 65.7 Å². The first-order valence-electron chi connectivity index (χ1n) is 7.96. The van der Waals surface area contributed by atoms with Crippen LogP contribution in [0.25, 0.3) is 0 Å². The standard InChI is InChI=1S/C19H18FNO4/c20-19(18(23)24)10-11-21(13-19)17(22)15-8-6-14(7-9-15)12-25-16-4-2-1-3-5-16/h1-9H,10-13H2,(H,23,24). The predicted molar refractivity (Wildman–Crippen MR) is 89.2 cm³/mol. The van der Waals surface area contributed by atoms with E-state index in [4.69, 9.17) is 9.84 Å². The molecule has 1 saturated heterocycles. The van der Waals surface area contributed by atoms with Crippen molar-refractivity contribution in [2.75, 3.05) is 13.1 Å². The number of nitrogens with zero attached hydrogens (tertiary/aromatic N) is 1. The minimum Gasteiger partial charge on any atom is -0.489 e. The zero-order chi connectivity index (χ0) is 17.9. The molecular weight excluding hydrogens is 325 g/mol. The van der Waals surface area contributed by atoms with E-state index in [1.165, 1.54) is 4.90 Å². The summed E-state index contributed by atoms with van der Waals surface area (Å²) in [5.74, 6) is -1.12. The molecule has 3 rings (SSSR count). The van der Waals surface area contributed by atoms with E-state index in [0.29, 0.717) is 12.2 Å². The smallest absolute Gasteiger partial charge is 0.343 e. The molecule has 1 unspecified atom stereocenters. The molecule has 6 heteroatoms. The fourth-order valence-electron chi connectivity index (χ4n) is 2.73. The van der Waals surface area contributed by atoms with Crippen LogP contribution in [0.2, 0.25) is 0 Å². The number of likely N-dealkylation sites (tertiary alicyclic amines) is 1. The summed E-state index contributed by atoms with van der Waals surface area (Å²) in [6.07, 6.45) is -0.183. The maximum absolute atomic E-state index is 14.1. The Labute approximate surface area is 144 Å². The van der Waals surface area contributed by atoms with E-state index >= 15 is 0 Å². The molecule has 0 aliphatic carbocycles. The Balaban J connectivity index is 1.60. The molecule has 0 spiro atoms. The van der Waals surface area contributed by atoms with Crippen LogP contribution in [0.3, 0.4) is 0 Å². The number of hydrogen-bond acceptors (Lipinski definition) is 3. The average Bonchev–Trinajstić information content (AvgIpc) is 3.04. The SMILES string of the molecule is O=C(c1ccc(COc2ccccc2)cc1)N1CCC(F)(C(=O)O)C1. The Hall–Kier alpha value is -2.89. The molecule has 0 bridgehead atoms. The van der Waals surface area contributed by atoms with Crippen LogP contribution in [0.5, 0.6) is 5.75 Å². The van der Waals surface area contributed by atoms with Crippen LogP contribution in [0.4, 0.5) is 4.39 Å². The van der Waals surface area contributed by atoms with Crippen LogP contribution in [-0.2, 0) is 11.4 Å². The molecule has 130 valence electrons. The van der Waals surface area contributed by atoms with Crippen molar-refractivity contribution in [3.63, 3.8) is 0 Å². The number of amides is 1. The number of rotatable bonds is 5. The topological polar surface area (TPSA) is 66.8 Å². The Kier molecular flexibility index (Phi) is 4.70. The van der Waals surface area contributed by atoms with Crippen molar-refractivity contribution in [3.8, 4) is 5.75 Å². The van der Waals surface area contributed by atoms with E-state index in [-0.39, 0.29) is 18.9 Å². The first-order chi connectivity index (χ1) is 12.0. The predicted octanol–water partition coefficient (Wildman–Crippen LogP) is 2.90. The molecule has 1 aliphatic heterocycles. The fourth-order valence-corrected chi connectivity index (χ4v) is 2.73. The van der Waals surface area contributed by atoms with Gasteiger partial charge in [-0.1, -0.05) is 30.3 Å². The summed E-state index contributed by atoms with van der Waals surface area (Å²) in [6, 6.07) is 16.2. The highest BCUT2D eigenvalue weighted by Gasteiger charge is 2.46. The normalized spacial score (nSPS) is 19.6. The van der Waals surface area contributed by atoms with Crippen molar-refractivity contribution in [1.29, 1.82) is 0 Å². The van der Waals surface area contributed by atoms with Crippen LogP contribution in [0.15, 0.2) is 54.6 Å². The highest BCUT2D eigenvalue weighted by Crippen LogP contribution is 2.27. The lowest BCUT2D eigenvalue weighted by Gasteiger charge is -2.18. The number of carboxylic acid groups (broad SMARTS) is 1. The van der Waals surface area contributed by atoms with Crippen LogP contribution < -0.4 is 4.74 Å². The molecular formula is C19H18FNO4. The van der Waals surface area contributed by atoms with E-state index in [9.17, 15) is 14.0 Å². The first-order valence-corrected chi connectivity index (χ1v) is 7.96. The third-order valence-electron chi connectivity index (χ3n) is 4.24. The summed E-state index contributed by atoms with van der Waals surface area (Å²) in [4.78, 5) is 24.6. The molecule has 25 heavy (non-hydrogen) atoms. The van der Waals surface area contributed by atoms with Crippen molar-refractivity contribution < 1.29 is 23.8 Å². The quantitative estimate of drug-likeness (QED) is 0.906. The molecule has 2 aromatic rings. The molecule has 0 saturated carbocycles. The van der Waals surface area contributed by atoms with Gasteiger partial charge in [0.1, 0.15) is 12.4 Å². The van der Waals surface area contributed by atoms with E-state index in [2.05, 4.69) is 0 Å². The lowest BCUT2D eigenvalue weighted by molar-refractivity contribution is -0.149. The number of aliphatic carboxylic acids is 1. The second-order valence-corrected chi connectivity index (χ2v) is 6.05. The number of benzene rings is 2. The Bertz CT molecular complexity index is 763. The average molecular weight is 343 g/mol. The monoisotopic (exact) mass is 343 g/mol. The summed E-state index contributed by atoms with van der Waals surface area (Å²) in [7, 11) is 0. The second kappa shape index (κ2) is 6.93. The third-order valence-corrected chi connectivity index (χ3v) is 4.24. The van der Waals surface area contributed by atoms with Gasteiger partial charge in [0.2, 0.25) is 5.67 Å². The van der Waals surface area contributed by atoms with Gasteiger partial charge in [-0.2, -0.15) is 0 Å². The first kappa shape index (κ1) is 17.0. The Morgan fingerprint density at radius 2 is 1.80 bits per heavy atom. The van der Waals surface area contributed by atoms with Crippen molar-refractivity contribution in [2.45, 2.75) is 18.7 Å². The summed E-state index contributed by atoms with van der Waals surface area (Å²) in [5.41, 5.74) is -1.05. The van der Waals surface area contributed by atoms with Gasteiger partial charge >= 0.3 is 5.97 Å². The number of carboxylic acids is 1. The van der Waals surface area contributed by atoms with E-state index in [1.807, 2.05) is 30.3 Å². The minimum atomic E-state index is -2.35. The van der Waals surface area contributed by atoms with Crippen molar-refractivity contribution in [1.82, 2.24) is 4.90 Å². The van der Waals surface area contributed by atoms with Gasteiger partial charge in [0.15, 0.2) is 0 Å². The van der Waals surface area contributed by atoms with Gasteiger partial charge in [0.05, 0.1) is 6.54 Å². The molecule has 2 aromatic carbocycles. The third kappa shape index (κ3) is 3.79. The molecule has 1 N–H and O–H groups in total. The zero-order valence-corrected chi connectivity index (χ0v) is 13.5. The molecule has 1 amide bonds. The van der Waals surface area contributed by atoms with E-state index < -0.39 is 18.2 Å². The Morgan fingerprint density at radius 1 is 1.12 bits per heavy atom. The maximum Gasteiger partial charge on any atom is 0.343 e. The number of halogens is 1. The number of carbonyl (C=O) groups excluding carboxylic acids is 1. The molecule has 5 nitrogen and oxygen atoms in total. The largest absolute Gasteiger partial charge is 0.489 e. The zero-order valence-electron chi connectivity index (χ0n) is 13.5. The molecule has 0 aromatic heterocycles. The summed E-state index contributed by atoms with van der Waals surface area (Å²) < 4.78 is 19.7. The number of hydrogen-bond donors (Lipinski definition) is 1. The van der Waals surface area contributed by atoms with Crippen LogP contribution >= 0.6 is 0 Å². The summed E-state index contributed by atoms with van der Waals surface area (Å²) in [6.45, 7) is 0.0509. The second-order valence-electron chi connectivity index (χ2n) is 6.05. The number of para-hydroxylation sites is 1. The Morgan fingerprint density at radius 3 is 2.40 bits per heavy atom. The van der Waals surface area contributed by atoms with Gasteiger partial charge in [-0.25, -0.2) is 9.18 Å². The molecule has 1 atom stereocenters. The van der Waals surface area contributed by atoms with Gasteiger partial charge < -0.3 is 14.7 Å². The van der Waals surface area contributed by atoms with Gasteiger partial charge in [-0.05, 0) is 29.8 Å². The van der Waals surface area contributed by atoms with Gasteiger partial charge in [0.25, 0.3) is 5.91 Å². The van der Waals surface area contributed by atoms with Gasteiger partial charge in [-0.15, -0.1) is 0 Å². The van der Waals surface area contributed by atoms with Gasteiger partial charge in [0, 0.05) is 18.5 Å². The fraction of sp³-hybridized carbons (Fsp3) is 0.263. The van der Waals surface area contributed by atoms with Crippen LogP contribution in [-0.4, -0.2) is 40.6 Å². The highest BCUT2D eigenvalue weighted by atomic mass is 19.1. The molecule has 0 radical (unpaired) electrons. The molecule has 1 heterocycles. The lowest BCUT2D eigenvalue weighted by atomic mass is 10.1.